The summed E-state index contributed by atoms with van der Waals surface area (Å²) in [5.41, 5.74) is 0.992. The van der Waals surface area contributed by atoms with Crippen LogP contribution >= 0.6 is 0 Å². The van der Waals surface area contributed by atoms with E-state index in [1.807, 2.05) is 24.3 Å². The first-order valence-corrected chi connectivity index (χ1v) is 13.6. The molecule has 2 N–H and O–H groups in total. The molecule has 0 radical (unpaired) electrons. The van der Waals surface area contributed by atoms with Crippen LogP contribution in [0.15, 0.2) is 53.6 Å². The zero-order valence-electron chi connectivity index (χ0n) is 21.5. The number of H-pyrrole nitrogens is 1. The van der Waals surface area contributed by atoms with E-state index in [0.717, 1.165) is 22.5 Å². The summed E-state index contributed by atoms with van der Waals surface area (Å²) in [5.74, 6) is -1.23. The van der Waals surface area contributed by atoms with E-state index >= 15 is 0 Å². The van der Waals surface area contributed by atoms with Crippen molar-refractivity contribution in [2.45, 2.75) is 17.4 Å². The fraction of sp³-hybridized carbons (Fsp3) is 0.360. The van der Waals surface area contributed by atoms with Crippen LogP contribution in [0.25, 0.3) is 10.9 Å². The Morgan fingerprint density at radius 1 is 1.21 bits per heavy atom. The second-order valence-corrected chi connectivity index (χ2v) is 11.0. The van der Waals surface area contributed by atoms with Crippen molar-refractivity contribution in [3.63, 3.8) is 0 Å². The maximum atomic E-state index is 13.1. The number of esters is 1. The number of amides is 1. The van der Waals surface area contributed by atoms with E-state index in [2.05, 4.69) is 10.3 Å². The quantitative estimate of drug-likeness (QED) is 0.214. The summed E-state index contributed by atoms with van der Waals surface area (Å²) in [6.07, 6.45) is 1.80. The maximum absolute atomic E-state index is 13.1. The van der Waals surface area contributed by atoms with E-state index in [0.29, 0.717) is 0 Å². The lowest BCUT2D eigenvalue weighted by Crippen LogP contribution is -2.40. The Bertz CT molecular complexity index is 1480. The largest absolute Gasteiger partial charge is 0.454 e. The number of rotatable bonds is 10. The van der Waals surface area contributed by atoms with Gasteiger partial charge in [0.1, 0.15) is 11.7 Å². The number of carbonyl (C=O) groups is 2. The van der Waals surface area contributed by atoms with Crippen LogP contribution in [0.2, 0.25) is 0 Å². The Morgan fingerprint density at radius 2 is 1.92 bits per heavy atom. The minimum absolute atomic E-state index is 0.0679. The van der Waals surface area contributed by atoms with Crippen LogP contribution in [-0.4, -0.2) is 92.5 Å². The molecule has 1 saturated heterocycles. The van der Waals surface area contributed by atoms with Crippen molar-refractivity contribution in [2.24, 2.45) is 0 Å². The van der Waals surface area contributed by atoms with Crippen molar-refractivity contribution < 1.29 is 32.4 Å². The molecule has 3 aromatic rings. The number of anilines is 1. The zero-order valence-corrected chi connectivity index (χ0v) is 22.3. The average Bonchev–Trinajstić information content (AvgIpc) is 3.34. The van der Waals surface area contributed by atoms with E-state index in [1.165, 1.54) is 35.4 Å². The number of aromatic amines is 1. The minimum atomic E-state index is -3.99. The highest BCUT2D eigenvalue weighted by Gasteiger charge is 2.31. The first kappa shape index (κ1) is 28.0. The van der Waals surface area contributed by atoms with Gasteiger partial charge >= 0.3 is 5.97 Å². The fourth-order valence-corrected chi connectivity index (χ4v) is 5.57. The van der Waals surface area contributed by atoms with Crippen LogP contribution in [0.4, 0.5) is 11.4 Å². The van der Waals surface area contributed by atoms with E-state index in [-0.39, 0.29) is 43.3 Å². The first-order valence-electron chi connectivity index (χ1n) is 12.1. The number of benzene rings is 2. The van der Waals surface area contributed by atoms with Crippen LogP contribution < -0.4 is 5.32 Å². The molecule has 1 atom stereocenters. The van der Waals surface area contributed by atoms with Crippen molar-refractivity contribution in [1.82, 2.24) is 14.2 Å². The van der Waals surface area contributed by atoms with Gasteiger partial charge < -0.3 is 24.7 Å². The Labute approximate surface area is 224 Å². The number of nitro groups is 1. The number of aromatic nitrogens is 1. The number of para-hydroxylation sites is 1. The molecule has 0 aliphatic carbocycles. The van der Waals surface area contributed by atoms with Gasteiger partial charge in [0.25, 0.3) is 11.6 Å². The topological polar surface area (TPSA) is 164 Å². The van der Waals surface area contributed by atoms with Gasteiger partial charge in [0.2, 0.25) is 10.0 Å². The average molecular weight is 560 g/mol. The Kier molecular flexibility index (Phi) is 8.47. The molecule has 0 bridgehead atoms. The summed E-state index contributed by atoms with van der Waals surface area (Å²) in [6.45, 7) is 0.237. The Hall–Kier alpha value is -4.01. The van der Waals surface area contributed by atoms with Crippen molar-refractivity contribution in [3.05, 3.63) is 64.3 Å². The van der Waals surface area contributed by atoms with Gasteiger partial charge in [-0.1, -0.05) is 18.2 Å². The molecule has 0 unspecified atom stereocenters. The molecule has 208 valence electrons. The summed E-state index contributed by atoms with van der Waals surface area (Å²) in [4.78, 5) is 40.5. The summed E-state index contributed by atoms with van der Waals surface area (Å²) in [5, 5.41) is 15.7. The Morgan fingerprint density at radius 3 is 2.62 bits per heavy atom. The fourth-order valence-electron chi connectivity index (χ4n) is 4.15. The monoisotopic (exact) mass is 559 g/mol. The highest BCUT2D eigenvalue weighted by molar-refractivity contribution is 7.89. The highest BCUT2D eigenvalue weighted by Crippen LogP contribution is 2.31. The molecule has 1 amide bonds. The number of likely N-dealkylation sites (N-methyl/N-ethyl adjacent to an activating group) is 1. The van der Waals surface area contributed by atoms with E-state index < -0.39 is 45.2 Å². The number of sulfonamides is 1. The van der Waals surface area contributed by atoms with Crippen LogP contribution in [0.1, 0.15) is 5.56 Å². The van der Waals surface area contributed by atoms with Gasteiger partial charge in [-0.05, 0) is 23.8 Å². The van der Waals surface area contributed by atoms with Crippen molar-refractivity contribution >= 4 is 44.2 Å². The number of hydrogen-bond acceptors (Lipinski definition) is 9. The molecule has 1 aromatic heterocycles. The molecule has 1 aliphatic heterocycles. The second-order valence-electron chi connectivity index (χ2n) is 9.11. The lowest BCUT2D eigenvalue weighted by Gasteiger charge is -2.26. The summed E-state index contributed by atoms with van der Waals surface area (Å²) in [7, 11) is -0.945. The van der Waals surface area contributed by atoms with Crippen molar-refractivity contribution in [3.8, 4) is 0 Å². The molecule has 0 spiro atoms. The first-order chi connectivity index (χ1) is 18.6. The number of carbonyl (C=O) groups excluding carboxylic acids is 2. The van der Waals surface area contributed by atoms with Crippen LogP contribution in [0.3, 0.4) is 0 Å². The summed E-state index contributed by atoms with van der Waals surface area (Å²) >= 11 is 0. The maximum Gasteiger partial charge on any atom is 0.329 e. The standard InChI is InChI=1S/C25H29N5O8S/c1-28(2)24(31)16-38-25(32)22(13-17-15-26-20-6-4-3-5-19(17)20)27-21-8-7-18(14-23(21)30(33)34)39(35,36)29-9-11-37-12-10-29/h3-8,14-15,22,26-27H,9-13,16H2,1-2H3/t22-/m0/s1. The van der Waals surface area contributed by atoms with E-state index in [9.17, 15) is 28.1 Å². The predicted molar refractivity (Wildman–Crippen MR) is 142 cm³/mol. The smallest absolute Gasteiger partial charge is 0.329 e. The molecule has 39 heavy (non-hydrogen) atoms. The summed E-state index contributed by atoms with van der Waals surface area (Å²) < 4.78 is 37.8. The Balaban J connectivity index is 1.65. The van der Waals surface area contributed by atoms with Crippen molar-refractivity contribution in [2.75, 3.05) is 52.3 Å². The van der Waals surface area contributed by atoms with Gasteiger partial charge in [0, 0.05) is 56.8 Å². The highest BCUT2D eigenvalue weighted by atomic mass is 32.2. The lowest BCUT2D eigenvalue weighted by atomic mass is 10.0. The molecule has 14 heteroatoms. The number of nitrogens with one attached hydrogen (secondary N) is 2. The third kappa shape index (κ3) is 6.35. The number of ether oxygens (including phenoxy) is 2. The molecule has 13 nitrogen and oxygen atoms in total. The normalized spacial score (nSPS) is 15.0. The molecule has 2 heterocycles. The van der Waals surface area contributed by atoms with Crippen LogP contribution in [-0.2, 0) is 35.5 Å². The third-order valence-corrected chi connectivity index (χ3v) is 8.22. The number of morpholine rings is 1. The SMILES string of the molecule is CN(C)C(=O)COC(=O)[C@H](Cc1c[nH]c2ccccc12)Nc1ccc(S(=O)(=O)N2CCOCC2)cc1[N+](=O)[O-]. The second kappa shape index (κ2) is 11.8. The molecular weight excluding hydrogens is 530 g/mol. The minimum Gasteiger partial charge on any atom is -0.454 e. The molecule has 2 aromatic carbocycles. The number of nitro benzene ring substituents is 1. The lowest BCUT2D eigenvalue weighted by molar-refractivity contribution is -0.384. The molecule has 1 fully saturated rings. The van der Waals surface area contributed by atoms with Gasteiger partial charge in [0.05, 0.1) is 23.0 Å². The predicted octanol–water partition coefficient (Wildman–Crippen LogP) is 1.75. The number of hydrogen-bond donors (Lipinski definition) is 2. The summed E-state index contributed by atoms with van der Waals surface area (Å²) in [6, 6.07) is 9.79. The molecular formula is C25H29N5O8S. The van der Waals surface area contributed by atoms with Gasteiger partial charge in [-0.2, -0.15) is 4.31 Å². The zero-order chi connectivity index (χ0) is 28.2. The van der Waals surface area contributed by atoms with Crippen LogP contribution in [0.5, 0.6) is 0 Å². The van der Waals surface area contributed by atoms with E-state index in [4.69, 9.17) is 9.47 Å². The molecule has 0 saturated carbocycles. The van der Waals surface area contributed by atoms with Crippen LogP contribution in [0, 0.1) is 10.1 Å². The van der Waals surface area contributed by atoms with Crippen molar-refractivity contribution in [1.29, 1.82) is 0 Å². The van der Waals surface area contributed by atoms with Gasteiger partial charge in [-0.15, -0.1) is 0 Å². The number of fused-ring (bicyclic) bond motifs is 1. The van der Waals surface area contributed by atoms with Gasteiger partial charge in [-0.3, -0.25) is 14.9 Å². The van der Waals surface area contributed by atoms with Gasteiger partial charge in [-0.25, -0.2) is 13.2 Å². The molecule has 4 rings (SSSR count). The third-order valence-electron chi connectivity index (χ3n) is 6.32. The van der Waals surface area contributed by atoms with Gasteiger partial charge in [0.15, 0.2) is 6.61 Å². The number of nitrogens with zero attached hydrogens (tertiary/aromatic N) is 3. The molecule has 1 aliphatic rings. The van der Waals surface area contributed by atoms with E-state index in [1.54, 1.807) is 6.20 Å².